The van der Waals surface area contributed by atoms with Crippen LogP contribution in [0, 0.1) is 0 Å². The molecule has 2 aromatic rings. The third kappa shape index (κ3) is 4.13. The number of rotatable bonds is 5. The van der Waals surface area contributed by atoms with Crippen molar-refractivity contribution in [2.45, 2.75) is 6.54 Å². The first-order valence-corrected chi connectivity index (χ1v) is 9.89. The highest BCUT2D eigenvalue weighted by Crippen LogP contribution is 2.32. The highest BCUT2D eigenvalue weighted by atomic mass is 16.7. The van der Waals surface area contributed by atoms with Crippen LogP contribution in [0.1, 0.15) is 5.56 Å². The van der Waals surface area contributed by atoms with E-state index in [2.05, 4.69) is 25.1 Å². The average molecular weight is 400 g/mol. The molecule has 5 rings (SSSR count). The van der Waals surface area contributed by atoms with Crippen LogP contribution in [0.3, 0.4) is 0 Å². The predicted octanol–water partition coefficient (Wildman–Crippen LogP) is 0.886. The molecule has 0 radical (unpaired) electrons. The molecule has 0 amide bonds. The molecule has 0 saturated carbocycles. The van der Waals surface area contributed by atoms with Gasteiger partial charge in [0.25, 0.3) is 0 Å². The van der Waals surface area contributed by atoms with E-state index in [9.17, 15) is 0 Å². The summed E-state index contributed by atoms with van der Waals surface area (Å²) in [4.78, 5) is 18.3. The van der Waals surface area contributed by atoms with Crippen LogP contribution in [0.5, 0.6) is 11.5 Å². The van der Waals surface area contributed by atoms with Gasteiger partial charge in [0, 0.05) is 32.7 Å². The van der Waals surface area contributed by atoms with Gasteiger partial charge in [-0.05, 0) is 17.7 Å². The molecule has 0 unspecified atom stereocenters. The minimum atomic E-state index is 0.269. The van der Waals surface area contributed by atoms with Gasteiger partial charge < -0.3 is 34.1 Å². The lowest BCUT2D eigenvalue weighted by Crippen LogP contribution is -2.40. The Hall–Kier alpha value is -2.85. The average Bonchev–Trinajstić information content (AvgIpc) is 3.27. The van der Waals surface area contributed by atoms with Gasteiger partial charge in [0.15, 0.2) is 11.5 Å². The fourth-order valence-corrected chi connectivity index (χ4v) is 3.47. The molecule has 1 aromatic carbocycles. The molecule has 154 valence electrons. The molecule has 0 spiro atoms. The number of hydrogen-bond donors (Lipinski definition) is 1. The van der Waals surface area contributed by atoms with Gasteiger partial charge in [-0.2, -0.15) is 15.0 Å². The Bertz CT molecular complexity index is 818. The predicted molar refractivity (Wildman–Crippen MR) is 106 cm³/mol. The van der Waals surface area contributed by atoms with Crippen LogP contribution < -0.4 is 24.6 Å². The molecule has 3 aliphatic heterocycles. The van der Waals surface area contributed by atoms with E-state index >= 15 is 0 Å². The molecule has 1 N–H and O–H groups in total. The zero-order valence-corrected chi connectivity index (χ0v) is 16.2. The Kier molecular flexibility index (Phi) is 5.18. The Morgan fingerprint density at radius 1 is 0.793 bits per heavy atom. The number of morpholine rings is 2. The summed E-state index contributed by atoms with van der Waals surface area (Å²) < 4.78 is 21.8. The van der Waals surface area contributed by atoms with Crippen LogP contribution in [0.15, 0.2) is 18.2 Å². The van der Waals surface area contributed by atoms with Crippen LogP contribution in [0.4, 0.5) is 17.8 Å². The van der Waals surface area contributed by atoms with Crippen LogP contribution in [0.2, 0.25) is 0 Å². The normalized spacial score (nSPS) is 18.8. The molecule has 29 heavy (non-hydrogen) atoms. The highest BCUT2D eigenvalue weighted by Gasteiger charge is 2.21. The van der Waals surface area contributed by atoms with E-state index in [0.717, 1.165) is 43.2 Å². The van der Waals surface area contributed by atoms with Crippen LogP contribution in [-0.2, 0) is 16.0 Å². The van der Waals surface area contributed by atoms with E-state index in [4.69, 9.17) is 23.9 Å². The van der Waals surface area contributed by atoms with E-state index in [1.54, 1.807) is 0 Å². The molecule has 0 aliphatic carbocycles. The molecule has 3 aliphatic rings. The van der Waals surface area contributed by atoms with Crippen molar-refractivity contribution in [3.63, 3.8) is 0 Å². The first kappa shape index (κ1) is 18.2. The standard InChI is InChI=1S/C19H24N6O4/c1-2-15-16(29-13-28-15)11-14(1)12-20-17-21-18(24-3-7-26-8-4-24)23-19(22-17)25-5-9-27-10-6-25/h1-2,11H,3-10,12-13H2,(H,20,21,22,23). The summed E-state index contributed by atoms with van der Waals surface area (Å²) in [5.74, 6) is 3.46. The maximum Gasteiger partial charge on any atom is 0.232 e. The SMILES string of the molecule is c1cc2c(cc1CNc1nc(N3CCOCC3)nc(N3CCOCC3)n1)OCO2. The zero-order valence-electron chi connectivity index (χ0n) is 16.2. The largest absolute Gasteiger partial charge is 0.454 e. The molecular weight excluding hydrogens is 376 g/mol. The molecular formula is C19H24N6O4. The number of fused-ring (bicyclic) bond motifs is 1. The van der Waals surface area contributed by atoms with Gasteiger partial charge in [0.05, 0.1) is 26.4 Å². The van der Waals surface area contributed by atoms with Gasteiger partial charge in [-0.1, -0.05) is 6.07 Å². The number of nitrogens with zero attached hydrogens (tertiary/aromatic N) is 5. The van der Waals surface area contributed by atoms with Gasteiger partial charge in [-0.3, -0.25) is 0 Å². The van der Waals surface area contributed by atoms with Crippen molar-refractivity contribution in [3.8, 4) is 11.5 Å². The summed E-state index contributed by atoms with van der Waals surface area (Å²) in [5.41, 5.74) is 1.07. The number of nitrogens with one attached hydrogen (secondary N) is 1. The second-order valence-corrected chi connectivity index (χ2v) is 7.00. The molecule has 1 aromatic heterocycles. The van der Waals surface area contributed by atoms with Crippen LogP contribution >= 0.6 is 0 Å². The molecule has 2 fully saturated rings. The lowest BCUT2D eigenvalue weighted by Gasteiger charge is -2.30. The molecule has 4 heterocycles. The summed E-state index contributed by atoms with van der Waals surface area (Å²) >= 11 is 0. The first-order valence-electron chi connectivity index (χ1n) is 9.89. The van der Waals surface area contributed by atoms with E-state index in [1.807, 2.05) is 18.2 Å². The van der Waals surface area contributed by atoms with Crippen molar-refractivity contribution in [3.05, 3.63) is 23.8 Å². The van der Waals surface area contributed by atoms with Crippen molar-refractivity contribution < 1.29 is 18.9 Å². The molecule has 10 nitrogen and oxygen atoms in total. The Balaban J connectivity index is 1.36. The van der Waals surface area contributed by atoms with Gasteiger partial charge in [0.1, 0.15) is 0 Å². The minimum Gasteiger partial charge on any atom is -0.454 e. The Morgan fingerprint density at radius 3 is 2.07 bits per heavy atom. The van der Waals surface area contributed by atoms with Gasteiger partial charge in [-0.15, -0.1) is 0 Å². The lowest BCUT2D eigenvalue weighted by molar-refractivity contribution is 0.121. The fourth-order valence-electron chi connectivity index (χ4n) is 3.47. The number of ether oxygens (including phenoxy) is 4. The monoisotopic (exact) mass is 400 g/mol. The van der Waals surface area contributed by atoms with Crippen molar-refractivity contribution in [2.24, 2.45) is 0 Å². The maximum absolute atomic E-state index is 5.46. The summed E-state index contributed by atoms with van der Waals surface area (Å²) in [5, 5.41) is 3.34. The number of benzene rings is 1. The van der Waals surface area contributed by atoms with Crippen LogP contribution in [-0.4, -0.2) is 74.4 Å². The minimum absolute atomic E-state index is 0.269. The second kappa shape index (κ2) is 8.26. The first-order chi connectivity index (χ1) is 14.3. The van der Waals surface area contributed by atoms with Crippen molar-refractivity contribution in [1.82, 2.24) is 15.0 Å². The van der Waals surface area contributed by atoms with E-state index in [0.29, 0.717) is 50.8 Å². The Morgan fingerprint density at radius 2 is 1.41 bits per heavy atom. The third-order valence-electron chi connectivity index (χ3n) is 5.09. The van der Waals surface area contributed by atoms with E-state index < -0.39 is 0 Å². The van der Waals surface area contributed by atoms with Crippen molar-refractivity contribution >= 4 is 17.8 Å². The quantitative estimate of drug-likeness (QED) is 0.780. The topological polar surface area (TPSA) is 94.1 Å². The number of hydrogen-bond acceptors (Lipinski definition) is 10. The number of aromatic nitrogens is 3. The summed E-state index contributed by atoms with van der Waals surface area (Å²) in [7, 11) is 0. The van der Waals surface area contributed by atoms with E-state index in [1.165, 1.54) is 0 Å². The Labute approximate surface area is 168 Å². The van der Waals surface area contributed by atoms with Crippen LogP contribution in [0.25, 0.3) is 0 Å². The molecule has 2 saturated heterocycles. The zero-order chi connectivity index (χ0) is 19.5. The van der Waals surface area contributed by atoms with Crippen molar-refractivity contribution in [2.75, 3.05) is 74.5 Å². The highest BCUT2D eigenvalue weighted by molar-refractivity contribution is 5.48. The van der Waals surface area contributed by atoms with E-state index in [-0.39, 0.29) is 6.79 Å². The smallest absolute Gasteiger partial charge is 0.232 e. The summed E-state index contributed by atoms with van der Waals surface area (Å²) in [6, 6.07) is 5.90. The molecule has 10 heteroatoms. The maximum atomic E-state index is 5.46. The fraction of sp³-hybridized carbons (Fsp3) is 0.526. The number of anilines is 3. The van der Waals surface area contributed by atoms with Gasteiger partial charge in [-0.25, -0.2) is 0 Å². The third-order valence-corrected chi connectivity index (χ3v) is 5.09. The summed E-state index contributed by atoms with van der Waals surface area (Å²) in [6.07, 6.45) is 0. The molecule has 0 bridgehead atoms. The molecule has 0 atom stereocenters. The van der Waals surface area contributed by atoms with Gasteiger partial charge >= 0.3 is 0 Å². The van der Waals surface area contributed by atoms with Gasteiger partial charge in [0.2, 0.25) is 24.6 Å². The summed E-state index contributed by atoms with van der Waals surface area (Å²) in [6.45, 7) is 6.65. The van der Waals surface area contributed by atoms with Crippen molar-refractivity contribution in [1.29, 1.82) is 0 Å². The lowest BCUT2D eigenvalue weighted by atomic mass is 10.2. The second-order valence-electron chi connectivity index (χ2n) is 7.00.